The first kappa shape index (κ1) is 14.5. The smallest absolute Gasteiger partial charge is 0.252 e. The molecule has 114 valence electrons. The lowest BCUT2D eigenvalue weighted by Crippen LogP contribution is -2.30. The van der Waals surface area contributed by atoms with Crippen molar-refractivity contribution in [2.24, 2.45) is 0 Å². The van der Waals surface area contributed by atoms with Crippen molar-refractivity contribution in [3.63, 3.8) is 0 Å². The van der Waals surface area contributed by atoms with Gasteiger partial charge in [0.2, 0.25) is 0 Å². The van der Waals surface area contributed by atoms with E-state index in [2.05, 4.69) is 4.98 Å². The van der Waals surface area contributed by atoms with Crippen LogP contribution in [-0.2, 0) is 11.3 Å². The Hall–Kier alpha value is -2.40. The van der Waals surface area contributed by atoms with E-state index in [1.165, 1.54) is 0 Å². The maximum atomic E-state index is 12.2. The van der Waals surface area contributed by atoms with E-state index in [0.717, 1.165) is 16.9 Å². The van der Waals surface area contributed by atoms with Gasteiger partial charge in [0.25, 0.3) is 5.91 Å². The molecule has 22 heavy (non-hydrogen) atoms. The molecule has 1 saturated heterocycles. The number of likely N-dealkylation sites (tertiary alicyclic amines) is 1. The molecule has 5 heteroatoms. The van der Waals surface area contributed by atoms with Crippen LogP contribution in [0, 0.1) is 0 Å². The Kier molecular flexibility index (Phi) is 4.06. The molecule has 1 fully saturated rings. The van der Waals surface area contributed by atoms with Crippen LogP contribution in [0.5, 0.6) is 5.75 Å². The predicted octanol–water partition coefficient (Wildman–Crippen LogP) is 1.92. The van der Waals surface area contributed by atoms with Crippen molar-refractivity contribution in [2.45, 2.75) is 25.1 Å². The first-order valence-corrected chi connectivity index (χ1v) is 7.20. The summed E-state index contributed by atoms with van der Waals surface area (Å²) >= 11 is 0. The highest BCUT2D eigenvalue weighted by atomic mass is 16.5. The van der Waals surface area contributed by atoms with Crippen LogP contribution in [0.3, 0.4) is 0 Å². The standard InChI is InChI=1S/C17H18N2O3/c1-22-14-6-4-12(5-7-14)11-19-15(9-16(20)17(19)21)13-3-2-8-18-10-13/h2-8,10,15-16,20H,9,11H2,1H3. The van der Waals surface area contributed by atoms with Crippen LogP contribution < -0.4 is 4.74 Å². The summed E-state index contributed by atoms with van der Waals surface area (Å²) < 4.78 is 5.14. The zero-order valence-corrected chi connectivity index (χ0v) is 12.3. The van der Waals surface area contributed by atoms with Crippen molar-refractivity contribution in [2.75, 3.05) is 7.11 Å². The van der Waals surface area contributed by atoms with Gasteiger partial charge in [-0.15, -0.1) is 0 Å². The fourth-order valence-electron chi connectivity index (χ4n) is 2.79. The molecule has 1 aliphatic rings. The van der Waals surface area contributed by atoms with Gasteiger partial charge in [0.15, 0.2) is 0 Å². The molecule has 2 aromatic rings. The van der Waals surface area contributed by atoms with Gasteiger partial charge in [0.05, 0.1) is 13.2 Å². The Labute approximate surface area is 129 Å². The maximum absolute atomic E-state index is 12.2. The van der Waals surface area contributed by atoms with Crippen molar-refractivity contribution in [3.8, 4) is 5.75 Å². The quantitative estimate of drug-likeness (QED) is 0.937. The number of rotatable bonds is 4. The molecule has 0 saturated carbocycles. The van der Waals surface area contributed by atoms with Crippen LogP contribution in [0.1, 0.15) is 23.6 Å². The number of carbonyl (C=O) groups excluding carboxylic acids is 1. The van der Waals surface area contributed by atoms with Gasteiger partial charge in [-0.25, -0.2) is 0 Å². The molecule has 0 spiro atoms. The summed E-state index contributed by atoms with van der Waals surface area (Å²) in [5.74, 6) is 0.546. The Morgan fingerprint density at radius 2 is 2.09 bits per heavy atom. The highest BCUT2D eigenvalue weighted by Crippen LogP contribution is 2.34. The molecule has 1 aromatic heterocycles. The second kappa shape index (κ2) is 6.15. The summed E-state index contributed by atoms with van der Waals surface area (Å²) in [6, 6.07) is 11.2. The number of carbonyl (C=O) groups is 1. The molecule has 5 nitrogen and oxygen atoms in total. The van der Waals surface area contributed by atoms with Gasteiger partial charge in [0.1, 0.15) is 11.9 Å². The number of aromatic nitrogens is 1. The van der Waals surface area contributed by atoms with Gasteiger partial charge in [-0.1, -0.05) is 18.2 Å². The van der Waals surface area contributed by atoms with Crippen molar-refractivity contribution in [3.05, 3.63) is 59.9 Å². The van der Waals surface area contributed by atoms with Gasteiger partial charge in [-0.05, 0) is 29.3 Å². The monoisotopic (exact) mass is 298 g/mol. The molecule has 3 rings (SSSR count). The lowest BCUT2D eigenvalue weighted by atomic mass is 10.1. The Balaban J connectivity index is 1.83. The van der Waals surface area contributed by atoms with Crippen molar-refractivity contribution < 1.29 is 14.6 Å². The molecule has 0 aliphatic carbocycles. The van der Waals surface area contributed by atoms with E-state index in [0.29, 0.717) is 13.0 Å². The minimum absolute atomic E-state index is 0.140. The third-order valence-electron chi connectivity index (χ3n) is 3.97. The first-order chi connectivity index (χ1) is 10.7. The first-order valence-electron chi connectivity index (χ1n) is 7.20. The van der Waals surface area contributed by atoms with E-state index in [-0.39, 0.29) is 11.9 Å². The van der Waals surface area contributed by atoms with Crippen molar-refractivity contribution >= 4 is 5.91 Å². The molecule has 2 atom stereocenters. The summed E-state index contributed by atoms with van der Waals surface area (Å²) in [6.45, 7) is 0.458. The Morgan fingerprint density at radius 3 is 2.73 bits per heavy atom. The number of hydrogen-bond acceptors (Lipinski definition) is 4. The van der Waals surface area contributed by atoms with E-state index >= 15 is 0 Å². The largest absolute Gasteiger partial charge is 0.497 e. The molecule has 0 bridgehead atoms. The van der Waals surface area contributed by atoms with Gasteiger partial charge in [-0.3, -0.25) is 9.78 Å². The highest BCUT2D eigenvalue weighted by Gasteiger charge is 2.39. The Morgan fingerprint density at radius 1 is 1.32 bits per heavy atom. The molecule has 2 heterocycles. The number of methoxy groups -OCH3 is 1. The number of benzene rings is 1. The van der Waals surface area contributed by atoms with Crippen LogP contribution in [-0.4, -0.2) is 34.1 Å². The van der Waals surface area contributed by atoms with E-state index in [9.17, 15) is 9.90 Å². The number of hydrogen-bond donors (Lipinski definition) is 1. The second-order valence-corrected chi connectivity index (χ2v) is 5.37. The van der Waals surface area contributed by atoms with Crippen LogP contribution in [0.2, 0.25) is 0 Å². The summed E-state index contributed by atoms with van der Waals surface area (Å²) in [6.07, 6.45) is 2.91. The molecule has 1 aliphatic heterocycles. The summed E-state index contributed by atoms with van der Waals surface area (Å²) in [7, 11) is 1.62. The minimum atomic E-state index is -0.941. The average molecular weight is 298 g/mol. The predicted molar refractivity (Wildman–Crippen MR) is 81.1 cm³/mol. The SMILES string of the molecule is COc1ccc(CN2C(=O)C(O)CC2c2cccnc2)cc1. The lowest BCUT2D eigenvalue weighted by Gasteiger charge is -2.24. The topological polar surface area (TPSA) is 62.7 Å². The van der Waals surface area contributed by atoms with Crippen LogP contribution in [0.25, 0.3) is 0 Å². The average Bonchev–Trinajstić information content (AvgIpc) is 2.85. The van der Waals surface area contributed by atoms with E-state index in [1.54, 1.807) is 24.4 Å². The van der Waals surface area contributed by atoms with Crippen LogP contribution >= 0.6 is 0 Å². The number of aliphatic hydroxyl groups is 1. The molecule has 1 aromatic carbocycles. The molecule has 1 N–H and O–H groups in total. The number of pyridine rings is 1. The minimum Gasteiger partial charge on any atom is -0.497 e. The van der Waals surface area contributed by atoms with Crippen molar-refractivity contribution in [1.82, 2.24) is 9.88 Å². The fourth-order valence-corrected chi connectivity index (χ4v) is 2.79. The van der Waals surface area contributed by atoms with Crippen LogP contribution in [0.15, 0.2) is 48.8 Å². The van der Waals surface area contributed by atoms with E-state index < -0.39 is 6.10 Å². The number of ether oxygens (including phenoxy) is 1. The van der Waals surface area contributed by atoms with Gasteiger partial charge >= 0.3 is 0 Å². The second-order valence-electron chi connectivity index (χ2n) is 5.37. The summed E-state index contributed by atoms with van der Waals surface area (Å²) in [4.78, 5) is 18.1. The zero-order chi connectivity index (χ0) is 15.5. The van der Waals surface area contributed by atoms with E-state index in [1.807, 2.05) is 36.4 Å². The zero-order valence-electron chi connectivity index (χ0n) is 12.3. The summed E-state index contributed by atoms with van der Waals surface area (Å²) in [5.41, 5.74) is 1.94. The Bertz CT molecular complexity index is 643. The maximum Gasteiger partial charge on any atom is 0.252 e. The van der Waals surface area contributed by atoms with Crippen molar-refractivity contribution in [1.29, 1.82) is 0 Å². The van der Waals surface area contributed by atoms with Gasteiger partial charge in [-0.2, -0.15) is 0 Å². The number of amides is 1. The third kappa shape index (κ3) is 2.80. The van der Waals surface area contributed by atoms with Gasteiger partial charge in [0, 0.05) is 25.4 Å². The molecule has 1 amide bonds. The third-order valence-corrected chi connectivity index (χ3v) is 3.97. The summed E-state index contributed by atoms with van der Waals surface area (Å²) in [5, 5.41) is 9.93. The molecular formula is C17H18N2O3. The lowest BCUT2D eigenvalue weighted by molar-refractivity contribution is -0.135. The number of nitrogens with zero attached hydrogens (tertiary/aromatic N) is 2. The number of aliphatic hydroxyl groups excluding tert-OH is 1. The van der Waals surface area contributed by atoms with Crippen LogP contribution in [0.4, 0.5) is 0 Å². The molecule has 2 unspecified atom stereocenters. The normalized spacial score (nSPS) is 21.2. The highest BCUT2D eigenvalue weighted by molar-refractivity contribution is 5.83. The molecular weight excluding hydrogens is 280 g/mol. The fraction of sp³-hybridized carbons (Fsp3) is 0.294. The van der Waals surface area contributed by atoms with Gasteiger partial charge < -0.3 is 14.7 Å². The van der Waals surface area contributed by atoms with E-state index in [4.69, 9.17) is 4.74 Å². The molecule has 0 radical (unpaired) electrons.